The minimum atomic E-state index is -0.411. The van der Waals surface area contributed by atoms with Gasteiger partial charge in [-0.2, -0.15) is 0 Å². The van der Waals surface area contributed by atoms with E-state index in [9.17, 15) is 9.18 Å². The Morgan fingerprint density at radius 3 is 2.47 bits per heavy atom. The lowest BCUT2D eigenvalue weighted by Crippen LogP contribution is -2.04. The molecule has 2 nitrogen and oxygen atoms in total. The molecule has 2 rings (SSSR count). The lowest BCUT2D eigenvalue weighted by atomic mass is 10.0. The molecule has 0 saturated carbocycles. The van der Waals surface area contributed by atoms with Crippen LogP contribution < -0.4 is 4.74 Å². The highest BCUT2D eigenvalue weighted by molar-refractivity contribution is 6.31. The standard InChI is InChI=1S/C15H12ClFO2/c1-19-13-6-3-10(4-7-13)15(18)8-11-2-5-12(17)9-14(11)16/h2-7,9H,8H2,1H3. The van der Waals surface area contributed by atoms with Gasteiger partial charge in [-0.1, -0.05) is 17.7 Å². The number of hydrogen-bond acceptors (Lipinski definition) is 2. The molecule has 0 N–H and O–H groups in total. The van der Waals surface area contributed by atoms with Gasteiger partial charge in [0.25, 0.3) is 0 Å². The predicted molar refractivity (Wildman–Crippen MR) is 72.4 cm³/mol. The first-order valence-electron chi connectivity index (χ1n) is 5.71. The van der Waals surface area contributed by atoms with Gasteiger partial charge < -0.3 is 4.74 Å². The highest BCUT2D eigenvalue weighted by Gasteiger charge is 2.10. The van der Waals surface area contributed by atoms with Crippen molar-refractivity contribution in [3.8, 4) is 5.75 Å². The van der Waals surface area contributed by atoms with Crippen molar-refractivity contribution in [2.45, 2.75) is 6.42 Å². The van der Waals surface area contributed by atoms with Crippen LogP contribution in [0.1, 0.15) is 15.9 Å². The van der Waals surface area contributed by atoms with Crippen LogP contribution in [0.5, 0.6) is 5.75 Å². The molecule has 0 amide bonds. The van der Waals surface area contributed by atoms with Crippen molar-refractivity contribution in [2.75, 3.05) is 7.11 Å². The van der Waals surface area contributed by atoms with Gasteiger partial charge >= 0.3 is 0 Å². The Labute approximate surface area is 115 Å². The summed E-state index contributed by atoms with van der Waals surface area (Å²) in [5.74, 6) is 0.207. The molecule has 4 heteroatoms. The molecule has 0 aliphatic carbocycles. The maximum absolute atomic E-state index is 12.9. The van der Waals surface area contributed by atoms with Gasteiger partial charge in [0.15, 0.2) is 5.78 Å². The summed E-state index contributed by atoms with van der Waals surface area (Å²) in [7, 11) is 1.56. The largest absolute Gasteiger partial charge is 0.497 e. The monoisotopic (exact) mass is 278 g/mol. The number of hydrogen-bond donors (Lipinski definition) is 0. The number of methoxy groups -OCH3 is 1. The zero-order chi connectivity index (χ0) is 13.8. The molecule has 0 fully saturated rings. The first kappa shape index (κ1) is 13.6. The third-order valence-electron chi connectivity index (χ3n) is 2.78. The number of carbonyl (C=O) groups excluding carboxylic acids is 1. The van der Waals surface area contributed by atoms with Gasteiger partial charge in [-0.15, -0.1) is 0 Å². The van der Waals surface area contributed by atoms with Crippen LogP contribution in [0.3, 0.4) is 0 Å². The summed E-state index contributed by atoms with van der Waals surface area (Å²) in [6, 6.07) is 10.9. The van der Waals surface area contributed by atoms with Crippen molar-refractivity contribution in [3.63, 3.8) is 0 Å². The van der Waals surface area contributed by atoms with E-state index in [0.29, 0.717) is 16.9 Å². The van der Waals surface area contributed by atoms with Gasteiger partial charge in [0, 0.05) is 17.0 Å². The molecule has 0 aromatic heterocycles. The van der Waals surface area contributed by atoms with Gasteiger partial charge in [-0.25, -0.2) is 4.39 Å². The van der Waals surface area contributed by atoms with E-state index in [1.165, 1.54) is 18.2 Å². The Bertz CT molecular complexity index is 594. The zero-order valence-electron chi connectivity index (χ0n) is 10.3. The Kier molecular flexibility index (Phi) is 4.17. The average molecular weight is 279 g/mol. The van der Waals surface area contributed by atoms with Gasteiger partial charge in [0.1, 0.15) is 11.6 Å². The molecule has 0 bridgehead atoms. The smallest absolute Gasteiger partial charge is 0.167 e. The summed E-state index contributed by atoms with van der Waals surface area (Å²) in [4.78, 5) is 12.1. The van der Waals surface area contributed by atoms with Crippen molar-refractivity contribution in [1.82, 2.24) is 0 Å². The van der Waals surface area contributed by atoms with E-state index in [4.69, 9.17) is 16.3 Å². The molecule has 19 heavy (non-hydrogen) atoms. The van der Waals surface area contributed by atoms with E-state index in [1.807, 2.05) is 0 Å². The maximum atomic E-state index is 12.9. The molecule has 0 radical (unpaired) electrons. The molecule has 2 aromatic carbocycles. The summed E-state index contributed by atoms with van der Waals surface area (Å²) in [5.41, 5.74) is 1.19. The summed E-state index contributed by atoms with van der Waals surface area (Å²) in [6.07, 6.45) is 0.144. The van der Waals surface area contributed by atoms with Gasteiger partial charge in [-0.05, 0) is 42.0 Å². The fraction of sp³-hybridized carbons (Fsp3) is 0.133. The van der Waals surface area contributed by atoms with Crippen LogP contribution in [0.15, 0.2) is 42.5 Å². The zero-order valence-corrected chi connectivity index (χ0v) is 11.1. The lowest BCUT2D eigenvalue weighted by Gasteiger charge is -2.05. The SMILES string of the molecule is COc1ccc(C(=O)Cc2ccc(F)cc2Cl)cc1. The summed E-state index contributed by atoms with van der Waals surface area (Å²) in [6.45, 7) is 0. The Balaban J connectivity index is 2.15. The Morgan fingerprint density at radius 1 is 1.21 bits per heavy atom. The first-order valence-corrected chi connectivity index (χ1v) is 6.09. The van der Waals surface area contributed by atoms with Gasteiger partial charge in [0.05, 0.1) is 7.11 Å². The molecule has 0 saturated heterocycles. The topological polar surface area (TPSA) is 26.3 Å². The van der Waals surface area contributed by atoms with Gasteiger partial charge in [0.2, 0.25) is 0 Å². The lowest BCUT2D eigenvalue weighted by molar-refractivity contribution is 0.0993. The second kappa shape index (κ2) is 5.85. The number of halogens is 2. The minimum absolute atomic E-state index is 0.0730. The molecule has 0 atom stereocenters. The predicted octanol–water partition coefficient (Wildman–Crippen LogP) is 3.91. The Hall–Kier alpha value is -1.87. The minimum Gasteiger partial charge on any atom is -0.497 e. The van der Waals surface area contributed by atoms with Crippen molar-refractivity contribution in [1.29, 1.82) is 0 Å². The van der Waals surface area contributed by atoms with Crippen molar-refractivity contribution in [2.24, 2.45) is 0 Å². The number of ether oxygens (including phenoxy) is 1. The highest BCUT2D eigenvalue weighted by atomic mass is 35.5. The molecular weight excluding hydrogens is 267 g/mol. The first-order chi connectivity index (χ1) is 9.10. The van der Waals surface area contributed by atoms with Crippen LogP contribution in [0.4, 0.5) is 4.39 Å². The number of carbonyl (C=O) groups is 1. The van der Waals surface area contributed by atoms with Crippen LogP contribution >= 0.6 is 11.6 Å². The molecule has 0 aliphatic rings. The molecular formula is C15H12ClFO2. The second-order valence-electron chi connectivity index (χ2n) is 4.06. The fourth-order valence-corrected chi connectivity index (χ4v) is 1.95. The fourth-order valence-electron chi connectivity index (χ4n) is 1.72. The number of ketones is 1. The molecule has 98 valence electrons. The molecule has 0 aliphatic heterocycles. The van der Waals surface area contributed by atoms with E-state index in [2.05, 4.69) is 0 Å². The summed E-state index contributed by atoms with van der Waals surface area (Å²) < 4.78 is 17.9. The highest BCUT2D eigenvalue weighted by Crippen LogP contribution is 2.20. The summed E-state index contributed by atoms with van der Waals surface area (Å²) in [5, 5.41) is 0.266. The average Bonchev–Trinajstić information content (AvgIpc) is 2.42. The number of rotatable bonds is 4. The van der Waals surface area contributed by atoms with Crippen LogP contribution in [0.2, 0.25) is 5.02 Å². The van der Waals surface area contributed by atoms with E-state index < -0.39 is 5.82 Å². The van der Waals surface area contributed by atoms with Crippen LogP contribution in [0, 0.1) is 5.82 Å². The van der Waals surface area contributed by atoms with E-state index in [1.54, 1.807) is 31.4 Å². The molecule has 0 spiro atoms. The van der Waals surface area contributed by atoms with Crippen molar-refractivity contribution >= 4 is 17.4 Å². The van der Waals surface area contributed by atoms with Crippen LogP contribution in [-0.4, -0.2) is 12.9 Å². The quantitative estimate of drug-likeness (QED) is 0.793. The van der Waals surface area contributed by atoms with E-state index in [-0.39, 0.29) is 17.2 Å². The van der Waals surface area contributed by atoms with E-state index in [0.717, 1.165) is 0 Å². The second-order valence-corrected chi connectivity index (χ2v) is 4.47. The Morgan fingerprint density at radius 2 is 1.89 bits per heavy atom. The van der Waals surface area contributed by atoms with Crippen molar-refractivity contribution < 1.29 is 13.9 Å². The molecule has 0 unspecified atom stereocenters. The molecule has 2 aromatic rings. The normalized spacial score (nSPS) is 10.3. The van der Waals surface area contributed by atoms with Gasteiger partial charge in [-0.3, -0.25) is 4.79 Å². The van der Waals surface area contributed by atoms with Crippen LogP contribution in [0.25, 0.3) is 0 Å². The van der Waals surface area contributed by atoms with Crippen LogP contribution in [-0.2, 0) is 6.42 Å². The summed E-state index contributed by atoms with van der Waals surface area (Å²) >= 11 is 5.90. The molecule has 0 heterocycles. The van der Waals surface area contributed by atoms with E-state index >= 15 is 0 Å². The maximum Gasteiger partial charge on any atom is 0.167 e. The third-order valence-corrected chi connectivity index (χ3v) is 3.13. The number of benzene rings is 2. The number of Topliss-reactive ketones (excluding diaryl/α,β-unsaturated/α-hetero) is 1. The van der Waals surface area contributed by atoms with Crippen molar-refractivity contribution in [3.05, 3.63) is 64.4 Å². The third kappa shape index (κ3) is 3.32.